The lowest BCUT2D eigenvalue weighted by molar-refractivity contribution is 0.575. The minimum absolute atomic E-state index is 0.0704. The zero-order chi connectivity index (χ0) is 50.7. The Hall–Kier alpha value is -7.56. The summed E-state index contributed by atoms with van der Waals surface area (Å²) in [7, 11) is 0. The Morgan fingerprint density at radius 3 is 1.97 bits per heavy atom. The molecule has 0 amide bonds. The predicted octanol–water partition coefficient (Wildman–Crippen LogP) is 15.3. The third-order valence-corrected chi connectivity index (χ3v) is 14.2. The van der Waals surface area contributed by atoms with Gasteiger partial charge in [0.05, 0.1) is 5.69 Å². The van der Waals surface area contributed by atoms with Crippen LogP contribution < -0.4 is 31.1 Å². The number of hydrogen-bond acceptors (Lipinski definition) is 4. The molecule has 0 radical (unpaired) electrons. The minimum Gasteiger partial charge on any atom is -0.460 e. The Kier molecular flexibility index (Phi) is 14.9. The lowest BCUT2D eigenvalue weighted by Crippen LogP contribution is -2.49. The first-order chi connectivity index (χ1) is 34.0. The number of hydrogen-bond donors (Lipinski definition) is 1. The molecule has 2 heterocycles. The molecule has 71 heavy (non-hydrogen) atoms. The van der Waals surface area contributed by atoms with E-state index in [0.717, 1.165) is 106 Å². The largest absolute Gasteiger partial charge is 0.460 e. The highest BCUT2D eigenvalue weighted by molar-refractivity contribution is 5.98. The molecule has 0 aliphatic heterocycles. The third kappa shape index (κ3) is 10.6. The molecular formula is C67H70N2O2. The molecule has 2 aromatic heterocycles. The normalized spacial score (nSPS) is 16.2. The van der Waals surface area contributed by atoms with Crippen molar-refractivity contribution in [3.8, 4) is 0 Å². The molecule has 0 saturated carbocycles. The van der Waals surface area contributed by atoms with E-state index < -0.39 is 0 Å². The van der Waals surface area contributed by atoms with Crippen molar-refractivity contribution in [2.75, 3.05) is 10.2 Å². The van der Waals surface area contributed by atoms with E-state index in [2.05, 4.69) is 238 Å². The standard InChI is InChI=1S/C57H56N2O2.C10H14/c1-35(2)17-13-21-48-43(10)61-57-50(48)23-16-25-53(57)58-52-24-15-19-45-27-26-36(3)54(31-29-44-28-30-51(52)55(45)41(44)8)59(46-33-38(5)40(7)39(6)34-46)32-12-11-20-47-42(9)60-56-37(4)18-14-22-49(47)56;1-7-5-8(2)10(4)9(3)6-7/h11-23,25-34,36,58H,8,24H2,1-7,9-10H3;5-6H,1-4H3/b20-11-,21-13-,27-26-,32-12+,44-29-,54-31+;. The Morgan fingerprint density at radius 2 is 1.30 bits per heavy atom. The van der Waals surface area contributed by atoms with E-state index in [1.165, 1.54) is 44.5 Å². The number of anilines is 2. The molecule has 0 fully saturated rings. The average molecular weight is 935 g/mol. The van der Waals surface area contributed by atoms with Gasteiger partial charge >= 0.3 is 0 Å². The van der Waals surface area contributed by atoms with Gasteiger partial charge in [0.1, 0.15) is 17.1 Å². The van der Waals surface area contributed by atoms with E-state index in [1.807, 2.05) is 13.8 Å². The molecule has 2 aliphatic rings. The zero-order valence-corrected chi connectivity index (χ0v) is 44.2. The summed E-state index contributed by atoms with van der Waals surface area (Å²) in [5.41, 5.74) is 21.3. The van der Waals surface area contributed by atoms with Crippen LogP contribution in [-0.2, 0) is 0 Å². The van der Waals surface area contributed by atoms with Gasteiger partial charge in [0, 0.05) is 62.7 Å². The first kappa shape index (κ1) is 49.8. The molecule has 1 unspecified atom stereocenters. The molecule has 360 valence electrons. The monoisotopic (exact) mass is 935 g/mol. The Labute approximate surface area is 421 Å². The number of para-hydroxylation sites is 2. The van der Waals surface area contributed by atoms with Crippen LogP contribution in [0.3, 0.4) is 0 Å². The molecule has 0 saturated heterocycles. The second kappa shape index (κ2) is 21.2. The molecule has 0 spiro atoms. The van der Waals surface area contributed by atoms with E-state index >= 15 is 0 Å². The molecule has 2 bridgehead atoms. The molecule has 7 aromatic rings. The summed E-state index contributed by atoms with van der Waals surface area (Å²) in [6.07, 6.45) is 29.3. The first-order valence-electron chi connectivity index (χ1n) is 25.0. The Balaban J connectivity index is 0.000000604. The van der Waals surface area contributed by atoms with Gasteiger partial charge in [0.25, 0.3) is 0 Å². The van der Waals surface area contributed by atoms with Crippen molar-refractivity contribution in [3.05, 3.63) is 233 Å². The molecule has 4 heteroatoms. The van der Waals surface area contributed by atoms with Crippen LogP contribution in [0.2, 0.25) is 0 Å². The summed E-state index contributed by atoms with van der Waals surface area (Å²) in [6.45, 7) is 32.6. The summed E-state index contributed by atoms with van der Waals surface area (Å²) < 4.78 is 12.6. The lowest BCUT2D eigenvalue weighted by atomic mass is 9.98. The third-order valence-electron chi connectivity index (χ3n) is 14.2. The van der Waals surface area contributed by atoms with Gasteiger partial charge in [-0.05, 0) is 174 Å². The highest BCUT2D eigenvalue weighted by Gasteiger charge is 2.19. The Morgan fingerprint density at radius 1 is 0.676 bits per heavy atom. The van der Waals surface area contributed by atoms with Crippen LogP contribution in [0.4, 0.5) is 11.4 Å². The molecule has 1 atom stereocenters. The number of aryl methyl sites for hydroxylation is 8. The number of allylic oxidation sites excluding steroid dienone is 9. The van der Waals surface area contributed by atoms with Crippen LogP contribution in [0.25, 0.3) is 58.0 Å². The number of nitrogens with one attached hydrogen (secondary N) is 1. The van der Waals surface area contributed by atoms with Gasteiger partial charge in [-0.15, -0.1) is 0 Å². The molecule has 2 aliphatic carbocycles. The second-order valence-electron chi connectivity index (χ2n) is 19.8. The summed E-state index contributed by atoms with van der Waals surface area (Å²) in [5, 5.41) is 10.4. The van der Waals surface area contributed by atoms with Crippen molar-refractivity contribution in [2.45, 2.75) is 96.4 Å². The fourth-order valence-electron chi connectivity index (χ4n) is 9.81. The number of fused-ring (bicyclic) bond motifs is 3. The van der Waals surface area contributed by atoms with Crippen LogP contribution in [0, 0.1) is 75.2 Å². The number of rotatable bonds is 9. The van der Waals surface area contributed by atoms with Crippen molar-refractivity contribution in [1.82, 2.24) is 0 Å². The van der Waals surface area contributed by atoms with Gasteiger partial charge in [-0.1, -0.05) is 140 Å². The predicted molar refractivity (Wildman–Crippen MR) is 307 cm³/mol. The van der Waals surface area contributed by atoms with Gasteiger partial charge in [-0.25, -0.2) is 0 Å². The molecule has 5 aromatic carbocycles. The maximum absolute atomic E-state index is 6.43. The SMILES string of the molecule is C=c1c2c3cc/c1=C/C=C(/N(/C=C/C=C\c1c(C)oc4c(C)cccc14)c1cc(C)c(C)c(C)c1)C(C)/C=C\C=2C=CCC=3Nc1cccc2c(/C=C\C=C(C)C)c(C)oc12.Cc1cc(C)c(C)c(C)c1. The van der Waals surface area contributed by atoms with Crippen molar-refractivity contribution < 1.29 is 8.83 Å². The van der Waals surface area contributed by atoms with Gasteiger partial charge in [-0.2, -0.15) is 0 Å². The smallest absolute Gasteiger partial charge is 0.158 e. The zero-order valence-electron chi connectivity index (χ0n) is 44.2. The van der Waals surface area contributed by atoms with Gasteiger partial charge in [0.2, 0.25) is 0 Å². The summed E-state index contributed by atoms with van der Waals surface area (Å²) in [4.78, 5) is 2.34. The fourth-order valence-corrected chi connectivity index (χ4v) is 9.81. The van der Waals surface area contributed by atoms with Gasteiger partial charge in [-0.3, -0.25) is 0 Å². The van der Waals surface area contributed by atoms with Crippen molar-refractivity contribution >= 4 is 69.4 Å². The van der Waals surface area contributed by atoms with E-state index in [-0.39, 0.29) is 5.92 Å². The lowest BCUT2D eigenvalue weighted by Gasteiger charge is -2.28. The number of furan rings is 2. The van der Waals surface area contributed by atoms with Crippen LogP contribution in [0.15, 0.2) is 154 Å². The summed E-state index contributed by atoms with van der Waals surface area (Å²) in [6, 6.07) is 26.2. The van der Waals surface area contributed by atoms with E-state index in [4.69, 9.17) is 15.4 Å². The second-order valence-corrected chi connectivity index (χ2v) is 19.8. The molecule has 4 nitrogen and oxygen atoms in total. The maximum atomic E-state index is 6.43. The van der Waals surface area contributed by atoms with Crippen LogP contribution in [0.1, 0.15) is 94.3 Å². The average Bonchev–Trinajstić information content (AvgIpc) is 3.76. The molecular weight excluding hydrogens is 865 g/mol. The molecule has 9 rings (SSSR count). The van der Waals surface area contributed by atoms with E-state index in [9.17, 15) is 0 Å². The quantitative estimate of drug-likeness (QED) is 0.146. The first-order valence-corrected chi connectivity index (χ1v) is 25.0. The van der Waals surface area contributed by atoms with Crippen molar-refractivity contribution in [1.29, 1.82) is 0 Å². The number of benzene rings is 5. The van der Waals surface area contributed by atoms with E-state index in [0.29, 0.717) is 0 Å². The minimum atomic E-state index is 0.0704. The van der Waals surface area contributed by atoms with Crippen LogP contribution in [0.5, 0.6) is 0 Å². The maximum Gasteiger partial charge on any atom is 0.158 e. The van der Waals surface area contributed by atoms with Gasteiger partial charge in [0.15, 0.2) is 5.58 Å². The molecule has 1 N–H and O–H groups in total. The summed E-state index contributed by atoms with van der Waals surface area (Å²) >= 11 is 0. The van der Waals surface area contributed by atoms with Crippen molar-refractivity contribution in [3.63, 3.8) is 0 Å². The highest BCUT2D eigenvalue weighted by Crippen LogP contribution is 2.34. The highest BCUT2D eigenvalue weighted by atomic mass is 16.3. The topological polar surface area (TPSA) is 41.6 Å². The number of nitrogens with zero attached hydrogens (tertiary/aromatic N) is 1. The summed E-state index contributed by atoms with van der Waals surface area (Å²) in [5.74, 6) is 1.89. The van der Waals surface area contributed by atoms with Crippen molar-refractivity contribution in [2.24, 2.45) is 5.92 Å². The van der Waals surface area contributed by atoms with Crippen LogP contribution in [-0.4, -0.2) is 0 Å². The van der Waals surface area contributed by atoms with Gasteiger partial charge < -0.3 is 19.1 Å². The Bertz CT molecular complexity index is 3650. The van der Waals surface area contributed by atoms with E-state index in [1.54, 1.807) is 0 Å². The fraction of sp³-hybridized carbons (Fsp3) is 0.224. The van der Waals surface area contributed by atoms with Crippen LogP contribution >= 0.6 is 0 Å².